The molecule has 23 heteroatoms. The van der Waals surface area contributed by atoms with Crippen molar-refractivity contribution in [2.45, 2.75) is 0 Å². The second-order valence-electron chi connectivity index (χ2n) is 14.5. The Labute approximate surface area is 364 Å². The normalized spacial score (nSPS) is 11.8. The van der Waals surface area contributed by atoms with Crippen LogP contribution in [-0.4, -0.2) is 6.15 Å². The Kier molecular flexibility index (Phi) is 11.7. The summed E-state index contributed by atoms with van der Waals surface area (Å²) in [5.41, 5.74) is -14.3. The first-order chi connectivity index (χ1) is 32.1. The maximum Gasteiger partial charge on any atom is 0.223 e. The van der Waals surface area contributed by atoms with Gasteiger partial charge >= 0.3 is 0 Å². The van der Waals surface area contributed by atoms with E-state index in [1.165, 1.54) is 26.9 Å². The fraction of sp³-hybridized carbons (Fsp3) is 0. The quantitative estimate of drug-likeness (QED) is 0.0404. The molecule has 0 aliphatic carbocycles. The van der Waals surface area contributed by atoms with E-state index in [2.05, 4.69) is 48.5 Å². The summed E-state index contributed by atoms with van der Waals surface area (Å²) in [6, 6.07) is 25.2. The van der Waals surface area contributed by atoms with Crippen LogP contribution in [0, 0.1) is 116 Å². The van der Waals surface area contributed by atoms with Crippen molar-refractivity contribution in [1.29, 1.82) is 0 Å². The van der Waals surface area contributed by atoms with Crippen LogP contribution in [0.5, 0.6) is 5.75 Å². The number of nitrogens with zero attached hydrogens (tertiary/aromatic N) is 1. The van der Waals surface area contributed by atoms with E-state index in [4.69, 9.17) is 4.84 Å². The molecule has 0 fully saturated rings. The van der Waals surface area contributed by atoms with Gasteiger partial charge in [0.05, 0.1) is 0 Å². The molecule has 1 aromatic heterocycles. The van der Waals surface area contributed by atoms with Crippen LogP contribution in [0.3, 0.4) is 0 Å². The zero-order valence-corrected chi connectivity index (χ0v) is 32.6. The van der Waals surface area contributed by atoms with Gasteiger partial charge in [0.2, 0.25) is 18.1 Å². The summed E-state index contributed by atoms with van der Waals surface area (Å²) < 4.78 is 296. The summed E-state index contributed by atoms with van der Waals surface area (Å²) in [6.07, 6.45) is -3.42. The molecular formula is C45H14BF20NO. The van der Waals surface area contributed by atoms with Crippen LogP contribution >= 0.6 is 0 Å². The van der Waals surface area contributed by atoms with Crippen molar-refractivity contribution >= 4 is 60.3 Å². The highest BCUT2D eigenvalue weighted by Gasteiger charge is 2.52. The summed E-state index contributed by atoms with van der Waals surface area (Å²) in [6.45, 7) is 0. The summed E-state index contributed by atoms with van der Waals surface area (Å²) in [4.78, 5) is 6.05. The van der Waals surface area contributed by atoms with E-state index >= 15 is 35.1 Å². The van der Waals surface area contributed by atoms with Gasteiger partial charge in [0.1, 0.15) is 52.7 Å². The monoisotopic (exact) mass is 975 g/mol. The highest BCUT2D eigenvalue weighted by Crippen LogP contribution is 2.38. The first-order valence-electron chi connectivity index (χ1n) is 18.6. The van der Waals surface area contributed by atoms with Crippen LogP contribution in [0.4, 0.5) is 87.8 Å². The summed E-state index contributed by atoms with van der Waals surface area (Å²) in [5, 5.41) is 7.51. The first kappa shape index (κ1) is 46.9. The van der Waals surface area contributed by atoms with E-state index in [-0.39, 0.29) is 0 Å². The lowest BCUT2D eigenvalue weighted by molar-refractivity contribution is -0.874. The third kappa shape index (κ3) is 6.71. The maximum atomic E-state index is 15.4. The van der Waals surface area contributed by atoms with Crippen molar-refractivity contribution in [3.05, 3.63) is 202 Å². The van der Waals surface area contributed by atoms with Crippen LogP contribution in [-0.2, 0) is 0 Å². The van der Waals surface area contributed by atoms with E-state index in [1.807, 2.05) is 36.7 Å². The maximum absolute atomic E-state index is 15.4. The Bertz CT molecular complexity index is 3160. The largest absolute Gasteiger partial charge is 0.231 e. The van der Waals surface area contributed by atoms with Gasteiger partial charge in [0.25, 0.3) is 0 Å². The lowest BCUT2D eigenvalue weighted by atomic mass is 9.12. The number of hydrogen-bond acceptors (Lipinski definition) is 1. The predicted octanol–water partition coefficient (Wildman–Crippen LogP) is 10.6. The molecule has 0 unspecified atom stereocenters. The highest BCUT2D eigenvalue weighted by atomic mass is 19.2. The lowest BCUT2D eigenvalue weighted by Crippen LogP contribution is -2.81. The molecule has 0 saturated heterocycles. The zero-order valence-electron chi connectivity index (χ0n) is 32.6. The molecule has 0 amide bonds. The van der Waals surface area contributed by atoms with E-state index in [1.54, 1.807) is 4.73 Å². The average Bonchev–Trinajstić information content (AvgIpc) is 3.34. The summed E-state index contributed by atoms with van der Waals surface area (Å²) >= 11 is 0. The van der Waals surface area contributed by atoms with Crippen molar-refractivity contribution in [2.75, 3.05) is 0 Å². The minimum Gasteiger partial charge on any atom is -0.231 e. The Balaban J connectivity index is 0.000000224. The Hall–Kier alpha value is -7.59. The van der Waals surface area contributed by atoms with E-state index in [9.17, 15) is 52.7 Å². The standard InChI is InChI=1S/C24BF20.C21H14NO/c26-5-1(6(27)14(35)21(42)13(5)34)25(2-7(28)15(36)22(43)16(37)8(2)29,3-9(30)17(38)23(44)18(39)10(3)31)4-11(32)19(40)24(45)20(41)12(4)33;1-2-13-22(14-3-1)23-19-12-10-17-8-7-15-5-4-6-16-9-11-18(19)21(17)20(15)16/h;1-14H/q-1;+1. The minimum absolute atomic E-state index is 0.868. The van der Waals surface area contributed by atoms with Crippen LogP contribution in [0.2, 0.25) is 0 Å². The molecule has 0 aliphatic heterocycles. The Morgan fingerprint density at radius 1 is 0.279 bits per heavy atom. The van der Waals surface area contributed by atoms with Gasteiger partial charge in [-0.2, -0.15) is 0 Å². The van der Waals surface area contributed by atoms with Crippen molar-refractivity contribution in [1.82, 2.24) is 0 Å². The molecule has 0 radical (unpaired) electrons. The van der Waals surface area contributed by atoms with Gasteiger partial charge in [-0.05, 0) is 33.7 Å². The Morgan fingerprint density at radius 3 is 0.897 bits per heavy atom. The van der Waals surface area contributed by atoms with Gasteiger partial charge in [0.15, 0.2) is 69.8 Å². The highest BCUT2D eigenvalue weighted by molar-refractivity contribution is 7.20. The zero-order chi connectivity index (χ0) is 49.6. The molecule has 0 aliphatic rings. The number of aromatic nitrogens is 1. The third-order valence-corrected chi connectivity index (χ3v) is 11.1. The summed E-state index contributed by atoms with van der Waals surface area (Å²) in [7, 11) is 0. The number of benzene rings is 8. The van der Waals surface area contributed by atoms with Gasteiger partial charge < -0.3 is 0 Å². The molecule has 8 aromatic carbocycles. The summed E-state index contributed by atoms with van der Waals surface area (Å²) in [5.74, 6) is -70.5. The molecule has 0 spiro atoms. The molecule has 1 heterocycles. The molecule has 0 bridgehead atoms. The number of pyridine rings is 1. The SMILES string of the molecule is Fc1c(F)c(F)c([B-](c2c(F)c(F)c(F)c(F)c2F)(c2c(F)c(F)c(F)c(F)c2F)c2c(F)c(F)c(F)c(F)c2F)c(F)c1F.c1cc[n+](Oc2ccc3ccc4cccc5ccc2c3c45)cc1. The molecular weight excluding hydrogens is 961 g/mol. The predicted molar refractivity (Wildman–Crippen MR) is 202 cm³/mol. The van der Waals surface area contributed by atoms with E-state index in [0.717, 1.165) is 11.1 Å². The molecule has 9 aromatic rings. The second-order valence-corrected chi connectivity index (χ2v) is 14.5. The first-order valence-corrected chi connectivity index (χ1v) is 18.6. The molecule has 0 saturated carbocycles. The second kappa shape index (κ2) is 16.9. The van der Waals surface area contributed by atoms with Crippen molar-refractivity contribution in [3.63, 3.8) is 0 Å². The van der Waals surface area contributed by atoms with E-state index < -0.39 is 144 Å². The van der Waals surface area contributed by atoms with Crippen LogP contribution in [0.15, 0.2) is 85.2 Å². The average molecular weight is 975 g/mol. The van der Waals surface area contributed by atoms with Gasteiger partial charge in [0, 0.05) is 27.6 Å². The van der Waals surface area contributed by atoms with Crippen molar-refractivity contribution in [3.8, 4) is 5.75 Å². The van der Waals surface area contributed by atoms with Gasteiger partial charge in [-0.1, -0.05) is 48.5 Å². The van der Waals surface area contributed by atoms with Crippen LogP contribution in [0.1, 0.15) is 0 Å². The van der Waals surface area contributed by atoms with Crippen LogP contribution in [0.25, 0.3) is 32.3 Å². The van der Waals surface area contributed by atoms with E-state index in [0.29, 0.717) is 0 Å². The molecule has 348 valence electrons. The van der Waals surface area contributed by atoms with Gasteiger partial charge in [-0.15, -0.1) is 21.9 Å². The molecule has 68 heavy (non-hydrogen) atoms. The third-order valence-electron chi connectivity index (χ3n) is 11.1. The topological polar surface area (TPSA) is 13.1 Å². The van der Waals surface area contributed by atoms with Crippen LogP contribution < -0.4 is 31.4 Å². The molecule has 0 atom stereocenters. The van der Waals surface area contributed by atoms with Gasteiger partial charge in [-0.25, -0.2) is 92.6 Å². The lowest BCUT2D eigenvalue weighted by Gasteiger charge is -2.44. The molecule has 2 nitrogen and oxygen atoms in total. The minimum atomic E-state index is -7.22. The number of halogens is 20. The molecule has 0 N–H and O–H groups in total. The van der Waals surface area contributed by atoms with Crippen molar-refractivity contribution < 1.29 is 97.4 Å². The Morgan fingerprint density at radius 2 is 0.559 bits per heavy atom. The number of hydrogen-bond donors (Lipinski definition) is 0. The molecule has 9 rings (SSSR count). The fourth-order valence-electron chi connectivity index (χ4n) is 8.22. The fourth-order valence-corrected chi connectivity index (χ4v) is 8.22. The number of rotatable bonds is 6. The smallest absolute Gasteiger partial charge is 0.223 e. The van der Waals surface area contributed by atoms with Gasteiger partial charge in [-0.3, -0.25) is 0 Å². The van der Waals surface area contributed by atoms with Crippen molar-refractivity contribution in [2.24, 2.45) is 0 Å².